The predicted molar refractivity (Wildman–Crippen MR) is 110 cm³/mol. The van der Waals surface area contributed by atoms with Crippen LogP contribution < -0.4 is 4.74 Å². The van der Waals surface area contributed by atoms with Crippen molar-refractivity contribution in [2.24, 2.45) is 0 Å². The minimum absolute atomic E-state index is 0.0302. The van der Waals surface area contributed by atoms with Crippen molar-refractivity contribution in [3.63, 3.8) is 0 Å². The second kappa shape index (κ2) is 8.69. The van der Waals surface area contributed by atoms with Crippen LogP contribution in [-0.2, 0) is 4.79 Å². The molecule has 150 valence electrons. The van der Waals surface area contributed by atoms with E-state index in [2.05, 4.69) is 10.2 Å². The van der Waals surface area contributed by atoms with Crippen LogP contribution in [0.15, 0.2) is 54.6 Å². The quantitative estimate of drug-likeness (QED) is 0.620. The first kappa shape index (κ1) is 19.5. The lowest BCUT2D eigenvalue weighted by molar-refractivity contribution is -0.139. The lowest BCUT2D eigenvalue weighted by Crippen LogP contribution is -2.45. The smallest absolute Gasteiger partial charge is 0.263 e. The topological polar surface area (TPSA) is 55.3 Å². The number of para-hydroxylation sites is 1. The van der Waals surface area contributed by atoms with Gasteiger partial charge in [0.25, 0.3) is 5.91 Å². The summed E-state index contributed by atoms with van der Waals surface area (Å²) >= 11 is 1.40. The monoisotopic (exact) mass is 411 g/mol. The summed E-state index contributed by atoms with van der Waals surface area (Å²) in [7, 11) is 0. The molecule has 1 aromatic heterocycles. The van der Waals surface area contributed by atoms with Gasteiger partial charge in [0.1, 0.15) is 16.6 Å². The second-order valence-electron chi connectivity index (χ2n) is 7.12. The minimum Gasteiger partial charge on any atom is -0.481 e. The number of nitrogens with zero attached hydrogens (tertiary/aromatic N) is 3. The van der Waals surface area contributed by atoms with Crippen molar-refractivity contribution in [3.8, 4) is 16.3 Å². The maximum atomic E-state index is 14.0. The number of hydrogen-bond donors (Lipinski definition) is 0. The van der Waals surface area contributed by atoms with Gasteiger partial charge < -0.3 is 9.64 Å². The Morgan fingerprint density at radius 3 is 2.72 bits per heavy atom. The van der Waals surface area contributed by atoms with Gasteiger partial charge in [0.05, 0.1) is 0 Å². The van der Waals surface area contributed by atoms with Crippen molar-refractivity contribution >= 4 is 17.2 Å². The van der Waals surface area contributed by atoms with Gasteiger partial charge in [-0.2, -0.15) is 0 Å². The molecule has 1 saturated heterocycles. The molecule has 7 heteroatoms. The van der Waals surface area contributed by atoms with E-state index < -0.39 is 6.10 Å². The van der Waals surface area contributed by atoms with E-state index in [1.807, 2.05) is 35.2 Å². The van der Waals surface area contributed by atoms with Crippen molar-refractivity contribution in [2.45, 2.75) is 31.8 Å². The number of carbonyl (C=O) groups is 1. The standard InChI is InChI=1S/C22H22FN3O2S/c1-15(28-17-9-3-2-4-10-17)22(27)26-13-7-8-16(14-26)20-24-25-21(29-20)18-11-5-6-12-19(18)23/h2-6,9-12,15-16H,7-8,13-14H2,1H3. The van der Waals surface area contributed by atoms with Crippen molar-refractivity contribution < 1.29 is 13.9 Å². The molecule has 1 aliphatic heterocycles. The van der Waals surface area contributed by atoms with Crippen molar-refractivity contribution in [2.75, 3.05) is 13.1 Å². The zero-order chi connectivity index (χ0) is 20.2. The Morgan fingerprint density at radius 1 is 1.17 bits per heavy atom. The summed E-state index contributed by atoms with van der Waals surface area (Å²) in [6.45, 7) is 3.06. The van der Waals surface area contributed by atoms with Crippen molar-refractivity contribution in [3.05, 3.63) is 65.4 Å². The summed E-state index contributed by atoms with van der Waals surface area (Å²) in [5, 5.41) is 9.90. The van der Waals surface area contributed by atoms with Crippen LogP contribution in [0.5, 0.6) is 5.75 Å². The maximum Gasteiger partial charge on any atom is 0.263 e. The predicted octanol–water partition coefficient (Wildman–Crippen LogP) is 4.52. The van der Waals surface area contributed by atoms with Crippen LogP contribution in [0.4, 0.5) is 4.39 Å². The summed E-state index contributed by atoms with van der Waals surface area (Å²) in [5.74, 6) is 0.454. The molecule has 2 atom stereocenters. The van der Waals surface area contributed by atoms with Crippen LogP contribution in [-0.4, -0.2) is 40.2 Å². The Labute approximate surface area is 173 Å². The fourth-order valence-electron chi connectivity index (χ4n) is 3.53. The van der Waals surface area contributed by atoms with Gasteiger partial charge >= 0.3 is 0 Å². The summed E-state index contributed by atoms with van der Waals surface area (Å²) < 4.78 is 19.8. The highest BCUT2D eigenvalue weighted by Gasteiger charge is 2.30. The molecule has 3 aromatic rings. The van der Waals surface area contributed by atoms with E-state index in [1.165, 1.54) is 17.4 Å². The Bertz CT molecular complexity index is 979. The SMILES string of the molecule is CC(Oc1ccccc1)C(=O)N1CCCC(c2nnc(-c3ccccc3F)s2)C1. The van der Waals surface area contributed by atoms with Crippen molar-refractivity contribution in [1.29, 1.82) is 0 Å². The fourth-order valence-corrected chi connectivity index (χ4v) is 4.53. The van der Waals surface area contributed by atoms with Gasteiger partial charge in [-0.05, 0) is 44.0 Å². The fraction of sp³-hybridized carbons (Fsp3) is 0.318. The number of piperidine rings is 1. The summed E-state index contributed by atoms with van der Waals surface area (Å²) in [6.07, 6.45) is 1.27. The molecule has 0 saturated carbocycles. The van der Waals surface area contributed by atoms with Crippen LogP contribution in [0.1, 0.15) is 30.7 Å². The van der Waals surface area contributed by atoms with E-state index in [0.29, 0.717) is 29.4 Å². The van der Waals surface area contributed by atoms with E-state index in [4.69, 9.17) is 4.74 Å². The number of amides is 1. The Hall–Kier alpha value is -2.80. The molecule has 1 aliphatic rings. The zero-order valence-corrected chi connectivity index (χ0v) is 16.9. The minimum atomic E-state index is -0.556. The number of aromatic nitrogens is 2. The molecule has 2 unspecified atom stereocenters. The number of ether oxygens (including phenoxy) is 1. The number of carbonyl (C=O) groups excluding carboxylic acids is 1. The maximum absolute atomic E-state index is 14.0. The lowest BCUT2D eigenvalue weighted by atomic mass is 9.98. The molecular formula is C22H22FN3O2S. The first-order chi connectivity index (χ1) is 14.1. The third-order valence-corrected chi connectivity index (χ3v) is 6.15. The molecule has 0 aliphatic carbocycles. The number of hydrogen-bond acceptors (Lipinski definition) is 5. The van der Waals surface area contributed by atoms with Gasteiger partial charge in [-0.15, -0.1) is 10.2 Å². The average Bonchev–Trinajstić information content (AvgIpc) is 3.24. The highest BCUT2D eigenvalue weighted by molar-refractivity contribution is 7.14. The molecule has 5 nitrogen and oxygen atoms in total. The molecular weight excluding hydrogens is 389 g/mol. The Morgan fingerprint density at radius 2 is 1.93 bits per heavy atom. The summed E-state index contributed by atoms with van der Waals surface area (Å²) in [5.41, 5.74) is 0.463. The molecule has 1 fully saturated rings. The summed E-state index contributed by atoms with van der Waals surface area (Å²) in [4.78, 5) is 14.7. The van der Waals surface area contributed by atoms with Crippen molar-refractivity contribution in [1.82, 2.24) is 15.1 Å². The molecule has 1 amide bonds. The van der Waals surface area contributed by atoms with E-state index >= 15 is 0 Å². The lowest BCUT2D eigenvalue weighted by Gasteiger charge is -2.33. The normalized spacial score (nSPS) is 17.7. The zero-order valence-electron chi connectivity index (χ0n) is 16.1. The molecule has 0 bridgehead atoms. The highest BCUT2D eigenvalue weighted by atomic mass is 32.1. The van der Waals surface area contributed by atoms with Crippen LogP contribution in [0.2, 0.25) is 0 Å². The first-order valence-electron chi connectivity index (χ1n) is 9.70. The third kappa shape index (κ3) is 4.45. The van der Waals surface area contributed by atoms with Crippen LogP contribution in [0.25, 0.3) is 10.6 Å². The first-order valence-corrected chi connectivity index (χ1v) is 10.5. The number of rotatable bonds is 5. The van der Waals surface area contributed by atoms with E-state index in [-0.39, 0.29) is 17.6 Å². The second-order valence-corrected chi connectivity index (χ2v) is 8.13. The van der Waals surface area contributed by atoms with Gasteiger partial charge in [-0.25, -0.2) is 4.39 Å². The van der Waals surface area contributed by atoms with Gasteiger partial charge in [-0.3, -0.25) is 4.79 Å². The molecule has 0 N–H and O–H groups in total. The average molecular weight is 412 g/mol. The van der Waals surface area contributed by atoms with Crippen LogP contribution in [0.3, 0.4) is 0 Å². The molecule has 2 heterocycles. The number of halogens is 1. The molecule has 2 aromatic carbocycles. The molecule has 4 rings (SSSR count). The van der Waals surface area contributed by atoms with E-state index in [9.17, 15) is 9.18 Å². The van der Waals surface area contributed by atoms with Gasteiger partial charge in [-0.1, -0.05) is 41.7 Å². The van der Waals surface area contributed by atoms with Gasteiger partial charge in [0.15, 0.2) is 11.1 Å². The van der Waals surface area contributed by atoms with Crippen LogP contribution >= 0.6 is 11.3 Å². The molecule has 29 heavy (non-hydrogen) atoms. The summed E-state index contributed by atoms with van der Waals surface area (Å²) in [6, 6.07) is 15.9. The highest BCUT2D eigenvalue weighted by Crippen LogP contribution is 2.33. The third-order valence-electron chi connectivity index (χ3n) is 5.03. The van der Waals surface area contributed by atoms with Gasteiger partial charge in [0.2, 0.25) is 0 Å². The number of likely N-dealkylation sites (tertiary alicyclic amines) is 1. The largest absolute Gasteiger partial charge is 0.481 e. The Kier molecular flexibility index (Phi) is 5.85. The van der Waals surface area contributed by atoms with Gasteiger partial charge in [0, 0.05) is 24.6 Å². The van der Waals surface area contributed by atoms with E-state index in [0.717, 1.165) is 17.8 Å². The van der Waals surface area contributed by atoms with Crippen LogP contribution in [0, 0.1) is 5.82 Å². The molecule has 0 spiro atoms. The van der Waals surface area contributed by atoms with E-state index in [1.54, 1.807) is 25.1 Å². The molecule has 0 radical (unpaired) electrons. The number of benzene rings is 2. The Balaban J connectivity index is 1.43.